The molecule has 0 fully saturated rings. The molecule has 1 aromatic heterocycles. The minimum Gasteiger partial charge on any atom is -0.502 e. The Kier molecular flexibility index (Phi) is 4.23. The summed E-state index contributed by atoms with van der Waals surface area (Å²) in [4.78, 5) is 26.2. The van der Waals surface area contributed by atoms with Crippen molar-refractivity contribution in [3.8, 4) is 11.8 Å². The number of hydrogen-bond acceptors (Lipinski definition) is 4. The van der Waals surface area contributed by atoms with E-state index in [-0.39, 0.29) is 22.8 Å². The molecule has 0 spiro atoms. The van der Waals surface area contributed by atoms with E-state index in [4.69, 9.17) is 11.6 Å². The second-order valence-corrected chi connectivity index (χ2v) is 6.16. The van der Waals surface area contributed by atoms with Crippen molar-refractivity contribution in [3.63, 3.8) is 0 Å². The lowest BCUT2D eigenvalue weighted by Crippen LogP contribution is -2.39. The van der Waals surface area contributed by atoms with Crippen molar-refractivity contribution < 1.29 is 14.3 Å². The van der Waals surface area contributed by atoms with E-state index in [1.165, 1.54) is 30.1 Å². The quantitative estimate of drug-likeness (QED) is 0.885. The zero-order chi connectivity index (χ0) is 18.3. The third kappa shape index (κ3) is 2.75. The van der Waals surface area contributed by atoms with Crippen LogP contribution in [0.4, 0.5) is 4.39 Å². The summed E-state index contributed by atoms with van der Waals surface area (Å²) in [6.07, 6.45) is 0.320. The average molecular weight is 362 g/mol. The molecular weight excluding hydrogens is 349 g/mol. The Morgan fingerprint density at radius 1 is 1.40 bits per heavy atom. The van der Waals surface area contributed by atoms with Gasteiger partial charge in [0.2, 0.25) is 0 Å². The molecule has 128 valence electrons. The van der Waals surface area contributed by atoms with Gasteiger partial charge in [-0.15, -0.1) is 0 Å². The second kappa shape index (κ2) is 6.22. The molecular formula is C17H13ClFN3O3. The van der Waals surface area contributed by atoms with Crippen LogP contribution in [0, 0.1) is 17.1 Å². The van der Waals surface area contributed by atoms with Gasteiger partial charge in [0.05, 0.1) is 10.6 Å². The molecule has 6 nitrogen and oxygen atoms in total. The fourth-order valence-corrected chi connectivity index (χ4v) is 3.17. The average Bonchev–Trinajstić information content (AvgIpc) is 2.59. The van der Waals surface area contributed by atoms with E-state index in [1.807, 2.05) is 6.07 Å². The number of rotatable bonds is 2. The van der Waals surface area contributed by atoms with Crippen molar-refractivity contribution in [2.24, 2.45) is 7.05 Å². The molecule has 0 aliphatic carbocycles. The van der Waals surface area contributed by atoms with Gasteiger partial charge in [0.1, 0.15) is 17.6 Å². The lowest BCUT2D eigenvalue weighted by Gasteiger charge is -2.30. The molecule has 0 saturated carbocycles. The topological polar surface area (TPSA) is 86.3 Å². The van der Waals surface area contributed by atoms with Gasteiger partial charge in [0, 0.05) is 25.7 Å². The van der Waals surface area contributed by atoms with Crippen LogP contribution in [0.3, 0.4) is 0 Å². The first-order chi connectivity index (χ1) is 11.8. The molecule has 1 aliphatic heterocycles. The van der Waals surface area contributed by atoms with Crippen LogP contribution in [-0.2, 0) is 20.0 Å². The summed E-state index contributed by atoms with van der Waals surface area (Å²) in [5.41, 5.74) is 0.109. The van der Waals surface area contributed by atoms with Gasteiger partial charge in [-0.2, -0.15) is 5.26 Å². The Labute approximate surface area is 147 Å². The number of nitriles is 1. The van der Waals surface area contributed by atoms with Crippen LogP contribution in [0.25, 0.3) is 0 Å². The predicted octanol–water partition coefficient (Wildman–Crippen LogP) is 1.95. The summed E-state index contributed by atoms with van der Waals surface area (Å²) >= 11 is 5.75. The monoisotopic (exact) mass is 361 g/mol. The molecule has 0 radical (unpaired) electrons. The van der Waals surface area contributed by atoms with Gasteiger partial charge < -0.3 is 10.0 Å². The Morgan fingerprint density at radius 3 is 2.76 bits per heavy atom. The van der Waals surface area contributed by atoms with Crippen LogP contribution < -0.4 is 5.56 Å². The normalized spacial score (nSPS) is 13.5. The van der Waals surface area contributed by atoms with Gasteiger partial charge in [-0.05, 0) is 24.1 Å². The number of hydrogen-bond donors (Lipinski definition) is 1. The number of benzene rings is 1. The van der Waals surface area contributed by atoms with Crippen LogP contribution in [0.2, 0.25) is 5.02 Å². The Bertz CT molecular complexity index is 994. The lowest BCUT2D eigenvalue weighted by atomic mass is 9.96. The molecule has 3 rings (SSSR count). The Hall–Kier alpha value is -2.85. The highest BCUT2D eigenvalue weighted by Crippen LogP contribution is 2.28. The maximum Gasteiger partial charge on any atom is 0.294 e. The molecule has 8 heteroatoms. The van der Waals surface area contributed by atoms with E-state index in [0.29, 0.717) is 24.1 Å². The van der Waals surface area contributed by atoms with Crippen LogP contribution in [0.15, 0.2) is 23.0 Å². The molecule has 0 atom stereocenters. The van der Waals surface area contributed by atoms with Crippen molar-refractivity contribution in [1.29, 1.82) is 5.26 Å². The molecule has 0 bridgehead atoms. The SMILES string of the molecule is Cn1c(C#N)c2c(c(O)c1=O)C(=O)N(Cc1ccc(F)c(Cl)c1)CC2. The van der Waals surface area contributed by atoms with E-state index in [9.17, 15) is 24.3 Å². The summed E-state index contributed by atoms with van der Waals surface area (Å²) in [6, 6.07) is 6.05. The first-order valence-corrected chi connectivity index (χ1v) is 7.81. The van der Waals surface area contributed by atoms with Crippen molar-refractivity contribution in [2.75, 3.05) is 6.54 Å². The third-order valence-corrected chi connectivity index (χ3v) is 4.55. The molecule has 0 saturated heterocycles. The molecule has 1 aliphatic rings. The predicted molar refractivity (Wildman–Crippen MR) is 87.9 cm³/mol. The highest BCUT2D eigenvalue weighted by atomic mass is 35.5. The van der Waals surface area contributed by atoms with Gasteiger partial charge >= 0.3 is 0 Å². The van der Waals surface area contributed by atoms with Crippen molar-refractivity contribution in [1.82, 2.24) is 9.47 Å². The zero-order valence-corrected chi connectivity index (χ0v) is 14.0. The lowest BCUT2D eigenvalue weighted by molar-refractivity contribution is 0.0722. The number of aromatic nitrogens is 1. The highest BCUT2D eigenvalue weighted by molar-refractivity contribution is 6.30. The second-order valence-electron chi connectivity index (χ2n) is 5.75. The van der Waals surface area contributed by atoms with E-state index in [1.54, 1.807) is 0 Å². The summed E-state index contributed by atoms with van der Waals surface area (Å²) in [6.45, 7) is 0.446. The first-order valence-electron chi connectivity index (χ1n) is 7.43. The number of fused-ring (bicyclic) bond motifs is 1. The number of nitrogens with zero attached hydrogens (tertiary/aromatic N) is 3. The van der Waals surface area contributed by atoms with Crippen LogP contribution in [0.1, 0.15) is 27.2 Å². The zero-order valence-electron chi connectivity index (χ0n) is 13.2. The largest absolute Gasteiger partial charge is 0.502 e. The number of halogens is 2. The number of pyridine rings is 1. The summed E-state index contributed by atoms with van der Waals surface area (Å²) in [5, 5.41) is 19.3. The van der Waals surface area contributed by atoms with Gasteiger partial charge in [0.25, 0.3) is 11.5 Å². The smallest absolute Gasteiger partial charge is 0.294 e. The van der Waals surface area contributed by atoms with Crippen LogP contribution in [-0.4, -0.2) is 27.0 Å². The summed E-state index contributed by atoms with van der Waals surface area (Å²) in [5.74, 6) is -1.77. The highest BCUT2D eigenvalue weighted by Gasteiger charge is 2.32. The molecule has 25 heavy (non-hydrogen) atoms. The first kappa shape index (κ1) is 17.0. The van der Waals surface area contributed by atoms with Gasteiger partial charge in [0.15, 0.2) is 5.75 Å². The molecule has 1 amide bonds. The van der Waals surface area contributed by atoms with Crippen LogP contribution >= 0.6 is 11.6 Å². The molecule has 1 aromatic carbocycles. The van der Waals surface area contributed by atoms with E-state index < -0.39 is 23.0 Å². The number of carbonyl (C=O) groups is 1. The standard InChI is InChI=1S/C17H13ClFN3O3/c1-21-13(7-20)10-4-5-22(16(24)14(10)15(23)17(21)25)8-9-2-3-12(19)11(18)6-9/h2-3,6,23H,4-5,8H2,1H3. The van der Waals surface area contributed by atoms with Gasteiger partial charge in [-0.25, -0.2) is 4.39 Å². The number of aromatic hydroxyl groups is 1. The molecule has 2 aromatic rings. The van der Waals surface area contributed by atoms with Crippen molar-refractivity contribution in [2.45, 2.75) is 13.0 Å². The molecule has 2 heterocycles. The number of carbonyl (C=O) groups excluding carboxylic acids is 1. The molecule has 1 N–H and O–H groups in total. The Morgan fingerprint density at radius 2 is 2.12 bits per heavy atom. The maximum absolute atomic E-state index is 13.3. The third-order valence-electron chi connectivity index (χ3n) is 4.26. The van der Waals surface area contributed by atoms with Gasteiger partial charge in [-0.3, -0.25) is 14.2 Å². The van der Waals surface area contributed by atoms with Gasteiger partial charge in [-0.1, -0.05) is 17.7 Å². The van der Waals surface area contributed by atoms with Crippen molar-refractivity contribution >= 4 is 17.5 Å². The van der Waals surface area contributed by atoms with Crippen LogP contribution in [0.5, 0.6) is 5.75 Å². The fourth-order valence-electron chi connectivity index (χ4n) is 2.96. The number of amides is 1. The minimum absolute atomic E-state index is 0.0501. The van der Waals surface area contributed by atoms with E-state index in [2.05, 4.69) is 0 Å². The summed E-state index contributed by atoms with van der Waals surface area (Å²) in [7, 11) is 1.37. The van der Waals surface area contributed by atoms with E-state index >= 15 is 0 Å². The van der Waals surface area contributed by atoms with Crippen molar-refractivity contribution in [3.05, 3.63) is 61.8 Å². The van der Waals surface area contributed by atoms with E-state index in [0.717, 1.165) is 4.57 Å². The summed E-state index contributed by atoms with van der Waals surface area (Å²) < 4.78 is 14.3. The minimum atomic E-state index is -0.796. The molecule has 0 unspecified atom stereocenters. The maximum atomic E-state index is 13.3. The Balaban J connectivity index is 2.02. The fraction of sp³-hybridized carbons (Fsp3) is 0.235.